The van der Waals surface area contributed by atoms with Crippen molar-refractivity contribution in [1.29, 1.82) is 0 Å². The Morgan fingerprint density at radius 3 is 2.83 bits per heavy atom. The van der Waals surface area contributed by atoms with Crippen molar-refractivity contribution >= 4 is 12.0 Å². The molecule has 18 heavy (non-hydrogen) atoms. The van der Waals surface area contributed by atoms with Crippen molar-refractivity contribution in [2.45, 2.75) is 45.3 Å². The first-order valence-electron chi connectivity index (χ1n) is 6.40. The van der Waals surface area contributed by atoms with E-state index in [0.717, 1.165) is 19.4 Å². The molecule has 0 aromatic carbocycles. The quantitative estimate of drug-likeness (QED) is 0.662. The van der Waals surface area contributed by atoms with Crippen molar-refractivity contribution in [2.75, 3.05) is 13.2 Å². The van der Waals surface area contributed by atoms with Gasteiger partial charge in [0.15, 0.2) is 0 Å². The van der Waals surface area contributed by atoms with E-state index in [1.54, 1.807) is 6.92 Å². The highest BCUT2D eigenvalue weighted by molar-refractivity contribution is 5.75. The molecule has 2 amide bonds. The van der Waals surface area contributed by atoms with Gasteiger partial charge in [-0.3, -0.25) is 4.79 Å². The Labute approximate surface area is 107 Å². The summed E-state index contributed by atoms with van der Waals surface area (Å²) in [5, 5.41) is 13.9. The van der Waals surface area contributed by atoms with Crippen molar-refractivity contribution in [1.82, 2.24) is 10.6 Å². The fraction of sp³-hybridized carbons (Fsp3) is 0.833. The molecular formula is C12H22N2O4. The summed E-state index contributed by atoms with van der Waals surface area (Å²) in [5.41, 5.74) is 0. The van der Waals surface area contributed by atoms with Crippen molar-refractivity contribution in [3.8, 4) is 0 Å². The summed E-state index contributed by atoms with van der Waals surface area (Å²) in [6, 6.07) is -0.685. The maximum Gasteiger partial charge on any atom is 0.315 e. The van der Waals surface area contributed by atoms with Gasteiger partial charge in [-0.1, -0.05) is 6.92 Å². The summed E-state index contributed by atoms with van der Waals surface area (Å²) in [6.07, 6.45) is 2.06. The molecule has 1 saturated heterocycles. The molecule has 3 atom stereocenters. The zero-order valence-corrected chi connectivity index (χ0v) is 10.9. The highest BCUT2D eigenvalue weighted by Gasteiger charge is 2.26. The molecule has 0 spiro atoms. The van der Waals surface area contributed by atoms with Gasteiger partial charge in [-0.05, 0) is 19.8 Å². The van der Waals surface area contributed by atoms with Crippen LogP contribution < -0.4 is 10.6 Å². The monoisotopic (exact) mass is 258 g/mol. The average molecular weight is 258 g/mol. The number of carbonyl (C=O) groups excluding carboxylic acids is 1. The van der Waals surface area contributed by atoms with Crippen LogP contribution in [0, 0.1) is 5.92 Å². The zero-order chi connectivity index (χ0) is 13.5. The van der Waals surface area contributed by atoms with Crippen LogP contribution in [-0.4, -0.2) is 42.4 Å². The zero-order valence-electron chi connectivity index (χ0n) is 10.9. The molecule has 6 nitrogen and oxygen atoms in total. The van der Waals surface area contributed by atoms with Crippen LogP contribution in [0.5, 0.6) is 0 Å². The Morgan fingerprint density at radius 1 is 1.50 bits per heavy atom. The van der Waals surface area contributed by atoms with Gasteiger partial charge in [-0.15, -0.1) is 0 Å². The number of nitrogens with one attached hydrogen (secondary N) is 2. The van der Waals surface area contributed by atoms with E-state index in [1.807, 2.05) is 0 Å². The lowest BCUT2D eigenvalue weighted by molar-refractivity contribution is -0.137. The normalized spacial score (nSPS) is 24.6. The van der Waals surface area contributed by atoms with Gasteiger partial charge < -0.3 is 20.5 Å². The van der Waals surface area contributed by atoms with Crippen molar-refractivity contribution in [3.05, 3.63) is 0 Å². The van der Waals surface area contributed by atoms with Crippen LogP contribution in [0.2, 0.25) is 0 Å². The van der Waals surface area contributed by atoms with Gasteiger partial charge in [0.05, 0.1) is 12.5 Å². The Morgan fingerprint density at radius 2 is 2.22 bits per heavy atom. The van der Waals surface area contributed by atoms with E-state index < -0.39 is 5.97 Å². The van der Waals surface area contributed by atoms with E-state index in [4.69, 9.17) is 9.84 Å². The molecule has 1 rings (SSSR count). The second kappa shape index (κ2) is 7.20. The number of ether oxygens (including phenoxy) is 1. The number of hydrogen-bond donors (Lipinski definition) is 3. The third kappa shape index (κ3) is 4.91. The predicted molar refractivity (Wildman–Crippen MR) is 66.4 cm³/mol. The average Bonchev–Trinajstić information content (AvgIpc) is 2.72. The second-order valence-corrected chi connectivity index (χ2v) is 4.72. The second-order valence-electron chi connectivity index (χ2n) is 4.72. The van der Waals surface area contributed by atoms with Gasteiger partial charge in [0.2, 0.25) is 0 Å². The van der Waals surface area contributed by atoms with Gasteiger partial charge in [-0.2, -0.15) is 0 Å². The van der Waals surface area contributed by atoms with E-state index in [9.17, 15) is 9.59 Å². The number of rotatable bonds is 6. The number of amides is 2. The first-order chi connectivity index (χ1) is 8.52. The molecule has 6 heteroatoms. The summed E-state index contributed by atoms with van der Waals surface area (Å²) < 4.78 is 5.53. The Kier molecular flexibility index (Phi) is 5.91. The van der Waals surface area contributed by atoms with E-state index in [-0.39, 0.29) is 24.6 Å². The summed E-state index contributed by atoms with van der Waals surface area (Å²) in [6.45, 7) is 5.06. The minimum absolute atomic E-state index is 0.0719. The van der Waals surface area contributed by atoms with Crippen LogP contribution in [0.15, 0.2) is 0 Å². The molecular weight excluding hydrogens is 236 g/mol. The van der Waals surface area contributed by atoms with Crippen molar-refractivity contribution < 1.29 is 19.4 Å². The fourth-order valence-electron chi connectivity index (χ4n) is 2.19. The molecule has 0 bridgehead atoms. The lowest BCUT2D eigenvalue weighted by Crippen LogP contribution is -2.44. The van der Waals surface area contributed by atoms with Crippen molar-refractivity contribution in [3.63, 3.8) is 0 Å². The van der Waals surface area contributed by atoms with Crippen LogP contribution in [0.1, 0.15) is 33.1 Å². The van der Waals surface area contributed by atoms with E-state index in [1.165, 1.54) is 0 Å². The van der Waals surface area contributed by atoms with Gasteiger partial charge in [-0.25, -0.2) is 4.79 Å². The third-order valence-corrected chi connectivity index (χ3v) is 3.13. The SMILES string of the molecule is CCC1OCCC1CNC(=O)NC(C)CC(=O)O. The van der Waals surface area contributed by atoms with Gasteiger partial charge >= 0.3 is 12.0 Å². The molecule has 1 heterocycles. The van der Waals surface area contributed by atoms with Crippen molar-refractivity contribution in [2.24, 2.45) is 5.92 Å². The lowest BCUT2D eigenvalue weighted by Gasteiger charge is -2.18. The molecule has 1 fully saturated rings. The predicted octanol–water partition coefficient (Wildman–Crippen LogP) is 0.964. The maximum absolute atomic E-state index is 11.5. The lowest BCUT2D eigenvalue weighted by atomic mass is 10.00. The molecule has 0 aromatic heterocycles. The third-order valence-electron chi connectivity index (χ3n) is 3.13. The number of carboxylic acids is 1. The van der Waals surface area contributed by atoms with E-state index >= 15 is 0 Å². The highest BCUT2D eigenvalue weighted by atomic mass is 16.5. The van der Waals surface area contributed by atoms with E-state index in [0.29, 0.717) is 12.5 Å². The molecule has 104 valence electrons. The number of carbonyl (C=O) groups is 2. The Hall–Kier alpha value is -1.30. The fourth-order valence-corrected chi connectivity index (χ4v) is 2.19. The topological polar surface area (TPSA) is 87.7 Å². The largest absolute Gasteiger partial charge is 0.481 e. The molecule has 0 aliphatic carbocycles. The molecule has 0 saturated carbocycles. The number of hydrogen-bond acceptors (Lipinski definition) is 3. The molecule has 3 N–H and O–H groups in total. The first kappa shape index (κ1) is 14.8. The van der Waals surface area contributed by atoms with Gasteiger partial charge in [0.1, 0.15) is 0 Å². The summed E-state index contributed by atoms with van der Waals surface area (Å²) in [4.78, 5) is 22.0. The number of urea groups is 1. The summed E-state index contributed by atoms with van der Waals surface area (Å²) in [7, 11) is 0. The molecule has 0 aromatic rings. The van der Waals surface area contributed by atoms with Crippen LogP contribution >= 0.6 is 0 Å². The number of aliphatic carboxylic acids is 1. The molecule has 1 aliphatic rings. The Bertz CT molecular complexity index is 296. The molecule has 0 radical (unpaired) electrons. The highest BCUT2D eigenvalue weighted by Crippen LogP contribution is 2.22. The van der Waals surface area contributed by atoms with Crippen LogP contribution in [0.3, 0.4) is 0 Å². The first-order valence-corrected chi connectivity index (χ1v) is 6.40. The Balaban J connectivity index is 2.22. The van der Waals surface area contributed by atoms with Crippen LogP contribution in [0.25, 0.3) is 0 Å². The van der Waals surface area contributed by atoms with Crippen LogP contribution in [-0.2, 0) is 9.53 Å². The van der Waals surface area contributed by atoms with Gasteiger partial charge in [0.25, 0.3) is 0 Å². The minimum atomic E-state index is -0.918. The molecule has 1 aliphatic heterocycles. The summed E-state index contributed by atoms with van der Waals surface area (Å²) in [5.74, 6) is -0.562. The minimum Gasteiger partial charge on any atom is -0.481 e. The standard InChI is InChI=1S/C12H22N2O4/c1-3-10-9(4-5-18-10)7-13-12(17)14-8(2)6-11(15)16/h8-10H,3-7H2,1-2H3,(H,15,16)(H2,13,14,17). The number of carboxylic acid groups (broad SMARTS) is 1. The van der Waals surface area contributed by atoms with E-state index in [2.05, 4.69) is 17.6 Å². The molecule has 3 unspecified atom stereocenters. The van der Waals surface area contributed by atoms with Gasteiger partial charge in [0, 0.05) is 25.1 Å². The maximum atomic E-state index is 11.5. The summed E-state index contributed by atoms with van der Waals surface area (Å²) >= 11 is 0. The smallest absolute Gasteiger partial charge is 0.315 e. The van der Waals surface area contributed by atoms with Crippen LogP contribution in [0.4, 0.5) is 4.79 Å².